The lowest BCUT2D eigenvalue weighted by Gasteiger charge is -2.01. The van der Waals surface area contributed by atoms with Crippen LogP contribution in [0.3, 0.4) is 0 Å². The molecular formula is C18H32O2. The quantitative estimate of drug-likeness (QED) is 0.245. The number of hydrogen-bond acceptors (Lipinski definition) is 1. The zero-order chi connectivity index (χ0) is 14.9. The first kappa shape index (κ1) is 18.9. The fourth-order valence-corrected chi connectivity index (χ4v) is 2.24. The highest BCUT2D eigenvalue weighted by Gasteiger charge is 1.92. The summed E-state index contributed by atoms with van der Waals surface area (Å²) in [5.41, 5.74) is 0. The first-order chi connectivity index (χ1) is 9.77. The van der Waals surface area contributed by atoms with Gasteiger partial charge in [-0.2, -0.15) is 0 Å². The Labute approximate surface area is 125 Å². The van der Waals surface area contributed by atoms with Gasteiger partial charge >= 0.3 is 5.97 Å². The SMILES string of the molecule is CCCCCCCCCCCCCC=C/C=C/C(=O)O. The number of carbonyl (C=O) groups is 1. The highest BCUT2D eigenvalue weighted by molar-refractivity contribution is 5.80. The zero-order valence-corrected chi connectivity index (χ0v) is 13.2. The molecular weight excluding hydrogens is 248 g/mol. The van der Waals surface area contributed by atoms with Gasteiger partial charge in [-0.3, -0.25) is 0 Å². The van der Waals surface area contributed by atoms with Crippen molar-refractivity contribution in [3.8, 4) is 0 Å². The van der Waals surface area contributed by atoms with Crippen molar-refractivity contribution in [2.24, 2.45) is 0 Å². The summed E-state index contributed by atoms with van der Waals surface area (Å²) in [5, 5.41) is 8.40. The van der Waals surface area contributed by atoms with E-state index < -0.39 is 5.97 Å². The van der Waals surface area contributed by atoms with E-state index in [4.69, 9.17) is 5.11 Å². The Morgan fingerprint density at radius 1 is 0.800 bits per heavy atom. The van der Waals surface area contributed by atoms with Crippen LogP contribution in [0.15, 0.2) is 24.3 Å². The molecule has 0 rings (SSSR count). The van der Waals surface area contributed by atoms with E-state index >= 15 is 0 Å². The normalized spacial score (nSPS) is 11.7. The van der Waals surface area contributed by atoms with Gasteiger partial charge in [0.1, 0.15) is 0 Å². The number of aliphatic carboxylic acids is 1. The molecule has 0 fully saturated rings. The molecule has 0 bridgehead atoms. The van der Waals surface area contributed by atoms with Crippen molar-refractivity contribution in [1.82, 2.24) is 0 Å². The van der Waals surface area contributed by atoms with Crippen molar-refractivity contribution >= 4 is 5.97 Å². The number of hydrogen-bond donors (Lipinski definition) is 1. The Hall–Kier alpha value is -1.05. The van der Waals surface area contributed by atoms with Crippen molar-refractivity contribution in [2.45, 2.75) is 84.0 Å². The van der Waals surface area contributed by atoms with E-state index in [1.165, 1.54) is 70.6 Å². The molecule has 2 nitrogen and oxygen atoms in total. The number of carboxylic acids is 1. The van der Waals surface area contributed by atoms with Gasteiger partial charge in [0.2, 0.25) is 0 Å². The molecule has 0 aromatic heterocycles. The summed E-state index contributed by atoms with van der Waals surface area (Å²) in [6.45, 7) is 2.26. The number of rotatable bonds is 14. The van der Waals surface area contributed by atoms with Gasteiger partial charge in [0.25, 0.3) is 0 Å². The van der Waals surface area contributed by atoms with E-state index in [2.05, 4.69) is 6.92 Å². The second-order valence-electron chi connectivity index (χ2n) is 5.45. The Morgan fingerprint density at radius 3 is 1.80 bits per heavy atom. The molecule has 116 valence electrons. The first-order valence-electron chi connectivity index (χ1n) is 8.33. The Balaban J connectivity index is 3.11. The molecule has 0 aliphatic rings. The van der Waals surface area contributed by atoms with Gasteiger partial charge in [-0.05, 0) is 12.8 Å². The lowest BCUT2D eigenvalue weighted by atomic mass is 10.1. The molecule has 0 amide bonds. The number of allylic oxidation sites excluding steroid dienone is 3. The second kappa shape index (κ2) is 16.0. The van der Waals surface area contributed by atoms with Gasteiger partial charge in [0.15, 0.2) is 0 Å². The summed E-state index contributed by atoms with van der Waals surface area (Å²) in [6, 6.07) is 0. The Kier molecular flexibility index (Phi) is 15.2. The predicted octanol–water partition coefficient (Wildman–Crippen LogP) is 5.88. The molecule has 20 heavy (non-hydrogen) atoms. The van der Waals surface area contributed by atoms with Crippen LogP contribution in [0.4, 0.5) is 0 Å². The van der Waals surface area contributed by atoms with Crippen LogP contribution in [0.25, 0.3) is 0 Å². The van der Waals surface area contributed by atoms with Crippen LogP contribution < -0.4 is 0 Å². The second-order valence-corrected chi connectivity index (χ2v) is 5.45. The van der Waals surface area contributed by atoms with E-state index in [1.807, 2.05) is 12.2 Å². The maximum absolute atomic E-state index is 10.2. The van der Waals surface area contributed by atoms with Gasteiger partial charge in [-0.15, -0.1) is 0 Å². The summed E-state index contributed by atoms with van der Waals surface area (Å²) >= 11 is 0. The third-order valence-corrected chi connectivity index (χ3v) is 3.46. The summed E-state index contributed by atoms with van der Waals surface area (Å²) in [7, 11) is 0. The fourth-order valence-electron chi connectivity index (χ4n) is 2.24. The molecule has 0 spiro atoms. The molecule has 0 unspecified atom stereocenters. The zero-order valence-electron chi connectivity index (χ0n) is 13.2. The van der Waals surface area contributed by atoms with Crippen LogP contribution in [0.1, 0.15) is 84.0 Å². The van der Waals surface area contributed by atoms with Crippen molar-refractivity contribution in [2.75, 3.05) is 0 Å². The predicted molar refractivity (Wildman–Crippen MR) is 87.0 cm³/mol. The van der Waals surface area contributed by atoms with E-state index in [0.717, 1.165) is 12.5 Å². The largest absolute Gasteiger partial charge is 0.478 e. The van der Waals surface area contributed by atoms with Crippen LogP contribution in [-0.2, 0) is 4.79 Å². The highest BCUT2D eigenvalue weighted by Crippen LogP contribution is 2.11. The standard InChI is InChI=1S/C18H32O2/c1-2-3-4-5-6-7-8-9-10-11-12-13-14-15-16-17-18(19)20/h14-17H,2-13H2,1H3,(H,19,20)/b15-14?,17-16+. The molecule has 0 saturated heterocycles. The van der Waals surface area contributed by atoms with E-state index in [-0.39, 0.29) is 0 Å². The van der Waals surface area contributed by atoms with Crippen LogP contribution in [0, 0.1) is 0 Å². The maximum atomic E-state index is 10.2. The monoisotopic (exact) mass is 280 g/mol. The smallest absolute Gasteiger partial charge is 0.328 e. The molecule has 1 N–H and O–H groups in total. The minimum Gasteiger partial charge on any atom is -0.478 e. The van der Waals surface area contributed by atoms with Crippen LogP contribution in [0.2, 0.25) is 0 Å². The van der Waals surface area contributed by atoms with Crippen LogP contribution in [-0.4, -0.2) is 11.1 Å². The summed E-state index contributed by atoms with van der Waals surface area (Å²) in [5.74, 6) is -0.885. The van der Waals surface area contributed by atoms with Gasteiger partial charge in [-0.25, -0.2) is 4.79 Å². The highest BCUT2D eigenvalue weighted by atomic mass is 16.4. The molecule has 0 aliphatic carbocycles. The molecule has 0 heterocycles. The fraction of sp³-hybridized carbons (Fsp3) is 0.722. The van der Waals surface area contributed by atoms with E-state index in [1.54, 1.807) is 6.08 Å². The molecule has 0 aromatic carbocycles. The molecule has 0 aromatic rings. The molecule has 2 heteroatoms. The minimum absolute atomic E-state index is 0.885. The van der Waals surface area contributed by atoms with E-state index in [9.17, 15) is 4.79 Å². The lowest BCUT2D eigenvalue weighted by molar-refractivity contribution is -0.131. The molecule has 0 saturated carbocycles. The summed E-state index contributed by atoms with van der Waals surface area (Å²) in [4.78, 5) is 10.2. The van der Waals surface area contributed by atoms with Crippen molar-refractivity contribution in [3.63, 3.8) is 0 Å². The lowest BCUT2D eigenvalue weighted by Crippen LogP contribution is -1.84. The van der Waals surface area contributed by atoms with Gasteiger partial charge < -0.3 is 5.11 Å². The first-order valence-corrected chi connectivity index (χ1v) is 8.33. The molecule has 0 atom stereocenters. The van der Waals surface area contributed by atoms with Crippen molar-refractivity contribution in [3.05, 3.63) is 24.3 Å². The molecule has 0 aliphatic heterocycles. The average molecular weight is 280 g/mol. The minimum atomic E-state index is -0.885. The number of unbranched alkanes of at least 4 members (excludes halogenated alkanes) is 11. The summed E-state index contributed by atoms with van der Waals surface area (Å²) < 4.78 is 0. The Morgan fingerprint density at radius 2 is 1.30 bits per heavy atom. The average Bonchev–Trinajstić information content (AvgIpc) is 2.43. The third kappa shape index (κ3) is 16.9. The van der Waals surface area contributed by atoms with Gasteiger partial charge in [0.05, 0.1) is 0 Å². The van der Waals surface area contributed by atoms with Crippen LogP contribution >= 0.6 is 0 Å². The molecule has 0 radical (unpaired) electrons. The third-order valence-electron chi connectivity index (χ3n) is 3.46. The Bertz CT molecular complexity index is 267. The maximum Gasteiger partial charge on any atom is 0.328 e. The number of carboxylic acid groups (broad SMARTS) is 1. The summed E-state index contributed by atoms with van der Waals surface area (Å²) in [6.07, 6.45) is 22.7. The van der Waals surface area contributed by atoms with E-state index in [0.29, 0.717) is 0 Å². The van der Waals surface area contributed by atoms with Crippen LogP contribution in [0.5, 0.6) is 0 Å². The van der Waals surface area contributed by atoms with Gasteiger partial charge in [-0.1, -0.05) is 89.4 Å². The van der Waals surface area contributed by atoms with Gasteiger partial charge in [0, 0.05) is 6.08 Å². The topological polar surface area (TPSA) is 37.3 Å². The van der Waals surface area contributed by atoms with Crippen molar-refractivity contribution < 1.29 is 9.90 Å². The van der Waals surface area contributed by atoms with Crippen molar-refractivity contribution in [1.29, 1.82) is 0 Å².